The highest BCUT2D eigenvalue weighted by Crippen LogP contribution is 2.34. The SMILES string of the molecule is CC(C)(NC(=O)Cc1ccc(OC(F)(F)F)cc1)c1ccc2c(c1)OCCO2. The topological polar surface area (TPSA) is 56.8 Å². The number of benzene rings is 2. The maximum Gasteiger partial charge on any atom is 0.573 e. The first-order valence-corrected chi connectivity index (χ1v) is 8.68. The second kappa shape index (κ2) is 7.61. The smallest absolute Gasteiger partial charge is 0.486 e. The number of alkyl halides is 3. The van der Waals surface area contributed by atoms with Crippen LogP contribution >= 0.6 is 0 Å². The van der Waals surface area contributed by atoms with Gasteiger partial charge >= 0.3 is 6.36 Å². The van der Waals surface area contributed by atoms with Crippen molar-refractivity contribution < 1.29 is 32.2 Å². The molecule has 0 aromatic heterocycles. The van der Waals surface area contributed by atoms with E-state index in [0.29, 0.717) is 30.3 Å². The Hall–Kier alpha value is -2.90. The predicted octanol–water partition coefficient (Wildman–Crippen LogP) is 3.95. The van der Waals surface area contributed by atoms with Gasteiger partial charge in [0.15, 0.2) is 11.5 Å². The molecule has 0 bridgehead atoms. The molecular weight excluding hydrogens is 375 g/mol. The van der Waals surface area contributed by atoms with Gasteiger partial charge in [0.05, 0.1) is 12.0 Å². The molecule has 5 nitrogen and oxygen atoms in total. The highest BCUT2D eigenvalue weighted by atomic mass is 19.4. The van der Waals surface area contributed by atoms with Crippen LogP contribution in [-0.4, -0.2) is 25.5 Å². The first-order valence-electron chi connectivity index (χ1n) is 8.68. The number of hydrogen-bond donors (Lipinski definition) is 1. The van der Waals surface area contributed by atoms with Crippen molar-refractivity contribution >= 4 is 5.91 Å². The zero-order valence-corrected chi connectivity index (χ0v) is 15.4. The molecule has 28 heavy (non-hydrogen) atoms. The first-order chi connectivity index (χ1) is 13.1. The number of halogens is 3. The molecule has 150 valence electrons. The third kappa shape index (κ3) is 5.09. The fourth-order valence-corrected chi connectivity index (χ4v) is 2.89. The minimum Gasteiger partial charge on any atom is -0.486 e. The largest absolute Gasteiger partial charge is 0.573 e. The third-order valence-corrected chi connectivity index (χ3v) is 4.24. The lowest BCUT2D eigenvalue weighted by molar-refractivity contribution is -0.274. The van der Waals surface area contributed by atoms with Crippen LogP contribution in [0.2, 0.25) is 0 Å². The Morgan fingerprint density at radius 1 is 1.04 bits per heavy atom. The van der Waals surface area contributed by atoms with Gasteiger partial charge in [0, 0.05) is 0 Å². The fraction of sp³-hybridized carbons (Fsp3) is 0.350. The van der Waals surface area contributed by atoms with E-state index >= 15 is 0 Å². The van der Waals surface area contributed by atoms with E-state index < -0.39 is 11.9 Å². The van der Waals surface area contributed by atoms with E-state index in [0.717, 1.165) is 5.56 Å². The van der Waals surface area contributed by atoms with Crippen LogP contribution < -0.4 is 19.5 Å². The van der Waals surface area contributed by atoms with Crippen molar-refractivity contribution in [1.29, 1.82) is 0 Å². The van der Waals surface area contributed by atoms with Gasteiger partial charge in [-0.3, -0.25) is 4.79 Å². The average Bonchev–Trinajstić information content (AvgIpc) is 2.61. The molecule has 0 atom stereocenters. The summed E-state index contributed by atoms with van der Waals surface area (Å²) in [5.74, 6) is 0.710. The number of rotatable bonds is 5. The van der Waals surface area contributed by atoms with Gasteiger partial charge < -0.3 is 19.5 Å². The Kier molecular flexibility index (Phi) is 5.40. The number of nitrogens with one attached hydrogen (secondary N) is 1. The highest BCUT2D eigenvalue weighted by molar-refractivity contribution is 5.79. The van der Waals surface area contributed by atoms with Gasteiger partial charge in [-0.15, -0.1) is 13.2 Å². The van der Waals surface area contributed by atoms with Gasteiger partial charge in [-0.05, 0) is 49.2 Å². The number of fused-ring (bicyclic) bond motifs is 1. The van der Waals surface area contributed by atoms with Gasteiger partial charge in [0.1, 0.15) is 19.0 Å². The molecule has 0 spiro atoms. The maximum absolute atomic E-state index is 12.4. The Morgan fingerprint density at radius 3 is 2.32 bits per heavy atom. The van der Waals surface area contributed by atoms with Crippen LogP contribution in [-0.2, 0) is 16.8 Å². The van der Waals surface area contributed by atoms with Crippen LogP contribution in [0.4, 0.5) is 13.2 Å². The number of hydrogen-bond acceptors (Lipinski definition) is 4. The standard InChI is InChI=1S/C20H20F3NO4/c1-19(2,14-5-8-16-17(12-14)27-10-9-26-16)24-18(25)11-13-3-6-15(7-4-13)28-20(21,22)23/h3-8,12H,9-11H2,1-2H3,(H,24,25). The molecule has 2 aromatic carbocycles. The minimum absolute atomic E-state index is 0.0281. The molecular formula is C20H20F3NO4. The summed E-state index contributed by atoms with van der Waals surface area (Å²) >= 11 is 0. The molecule has 3 rings (SSSR count). The van der Waals surface area contributed by atoms with Crippen molar-refractivity contribution in [1.82, 2.24) is 5.32 Å². The van der Waals surface area contributed by atoms with E-state index in [4.69, 9.17) is 9.47 Å². The van der Waals surface area contributed by atoms with Crippen molar-refractivity contribution in [2.24, 2.45) is 0 Å². The lowest BCUT2D eigenvalue weighted by atomic mass is 9.93. The Labute approximate surface area is 160 Å². The highest BCUT2D eigenvalue weighted by Gasteiger charge is 2.31. The lowest BCUT2D eigenvalue weighted by Crippen LogP contribution is -2.41. The second-order valence-corrected chi connectivity index (χ2v) is 6.90. The van der Waals surface area contributed by atoms with E-state index in [1.807, 2.05) is 26.0 Å². The normalized spacial score (nSPS) is 13.8. The molecule has 2 aromatic rings. The van der Waals surface area contributed by atoms with Gasteiger partial charge in [-0.25, -0.2) is 0 Å². The van der Waals surface area contributed by atoms with Gasteiger partial charge in [0.25, 0.3) is 0 Å². The monoisotopic (exact) mass is 395 g/mol. The fourth-order valence-electron chi connectivity index (χ4n) is 2.89. The summed E-state index contributed by atoms with van der Waals surface area (Å²) in [6.07, 6.45) is -4.72. The molecule has 1 aliphatic heterocycles. The molecule has 0 saturated carbocycles. The lowest BCUT2D eigenvalue weighted by Gasteiger charge is -2.29. The molecule has 1 heterocycles. The molecule has 8 heteroatoms. The Bertz CT molecular complexity index is 848. The summed E-state index contributed by atoms with van der Waals surface area (Å²) in [6.45, 7) is 4.68. The number of carbonyl (C=O) groups excluding carboxylic acids is 1. The maximum atomic E-state index is 12.4. The average molecular weight is 395 g/mol. The van der Waals surface area contributed by atoms with Crippen molar-refractivity contribution in [3.63, 3.8) is 0 Å². The minimum atomic E-state index is -4.74. The van der Waals surface area contributed by atoms with Crippen molar-refractivity contribution in [3.8, 4) is 17.2 Å². The summed E-state index contributed by atoms with van der Waals surface area (Å²) in [5, 5.41) is 2.93. The molecule has 0 radical (unpaired) electrons. The predicted molar refractivity (Wildman–Crippen MR) is 95.4 cm³/mol. The number of carbonyl (C=O) groups is 1. The second-order valence-electron chi connectivity index (χ2n) is 6.90. The number of amides is 1. The summed E-state index contributed by atoms with van der Waals surface area (Å²) in [7, 11) is 0. The molecule has 1 N–H and O–H groups in total. The van der Waals surface area contributed by atoms with Gasteiger partial charge in [-0.1, -0.05) is 18.2 Å². The molecule has 0 unspecified atom stereocenters. The van der Waals surface area contributed by atoms with Crippen molar-refractivity contribution in [2.45, 2.75) is 32.2 Å². The summed E-state index contributed by atoms with van der Waals surface area (Å²) in [5.41, 5.74) is 0.746. The van der Waals surface area contributed by atoms with Crippen LogP contribution in [0.3, 0.4) is 0 Å². The number of ether oxygens (including phenoxy) is 3. The van der Waals surface area contributed by atoms with Crippen LogP contribution in [0.25, 0.3) is 0 Å². The van der Waals surface area contributed by atoms with E-state index in [2.05, 4.69) is 10.1 Å². The summed E-state index contributed by atoms with van der Waals surface area (Å²) < 4.78 is 51.5. The summed E-state index contributed by atoms with van der Waals surface area (Å²) in [4.78, 5) is 12.4. The Morgan fingerprint density at radius 2 is 1.68 bits per heavy atom. The van der Waals surface area contributed by atoms with E-state index in [1.165, 1.54) is 24.3 Å². The third-order valence-electron chi connectivity index (χ3n) is 4.24. The van der Waals surface area contributed by atoms with E-state index in [9.17, 15) is 18.0 Å². The van der Waals surface area contributed by atoms with Gasteiger partial charge in [0.2, 0.25) is 5.91 Å². The van der Waals surface area contributed by atoms with Crippen molar-refractivity contribution in [2.75, 3.05) is 13.2 Å². The first kappa shape index (κ1) is 19.9. The van der Waals surface area contributed by atoms with Crippen LogP contribution in [0.15, 0.2) is 42.5 Å². The van der Waals surface area contributed by atoms with Crippen molar-refractivity contribution in [3.05, 3.63) is 53.6 Å². The molecule has 1 amide bonds. The quantitative estimate of drug-likeness (QED) is 0.833. The Balaban J connectivity index is 1.63. The van der Waals surface area contributed by atoms with Crippen LogP contribution in [0.1, 0.15) is 25.0 Å². The van der Waals surface area contributed by atoms with Crippen LogP contribution in [0, 0.1) is 0 Å². The summed E-state index contributed by atoms with van der Waals surface area (Å²) in [6, 6.07) is 10.7. The molecule has 0 saturated heterocycles. The van der Waals surface area contributed by atoms with E-state index in [-0.39, 0.29) is 18.1 Å². The zero-order chi connectivity index (χ0) is 20.4. The molecule has 0 fully saturated rings. The molecule has 1 aliphatic rings. The van der Waals surface area contributed by atoms with Crippen LogP contribution in [0.5, 0.6) is 17.2 Å². The van der Waals surface area contributed by atoms with Gasteiger partial charge in [-0.2, -0.15) is 0 Å². The van der Waals surface area contributed by atoms with E-state index in [1.54, 1.807) is 6.07 Å². The zero-order valence-electron chi connectivity index (χ0n) is 15.4. The molecule has 0 aliphatic carbocycles.